The Hall–Kier alpha value is -1.36. The van der Waals surface area contributed by atoms with Crippen molar-refractivity contribution in [1.82, 2.24) is 15.2 Å². The monoisotopic (exact) mass is 259 g/mol. The van der Waals surface area contributed by atoms with E-state index in [9.17, 15) is 5.11 Å². The maximum atomic E-state index is 9.35. The first-order valence-corrected chi connectivity index (χ1v) is 7.01. The van der Waals surface area contributed by atoms with Crippen LogP contribution in [0.4, 0.5) is 0 Å². The molecule has 1 aromatic heterocycles. The molecule has 2 heterocycles. The molecule has 4 nitrogen and oxygen atoms in total. The lowest BCUT2D eigenvalue weighted by Gasteiger charge is -2.35. The second kappa shape index (κ2) is 5.74. The highest BCUT2D eigenvalue weighted by molar-refractivity contribution is 5.79. The van der Waals surface area contributed by atoms with Crippen LogP contribution in [-0.4, -0.2) is 47.8 Å². The molecule has 19 heavy (non-hydrogen) atoms. The Balaban J connectivity index is 1.88. The van der Waals surface area contributed by atoms with Crippen LogP contribution in [0.3, 0.4) is 0 Å². The molecule has 4 heteroatoms. The number of H-pyrrole nitrogens is 1. The molecule has 1 aromatic carbocycles. The molecule has 1 fully saturated rings. The minimum atomic E-state index is 0.233. The molecule has 0 amide bonds. The van der Waals surface area contributed by atoms with Crippen molar-refractivity contribution in [3.05, 3.63) is 36.0 Å². The van der Waals surface area contributed by atoms with Gasteiger partial charge in [0.2, 0.25) is 0 Å². The van der Waals surface area contributed by atoms with Gasteiger partial charge in [-0.25, -0.2) is 0 Å². The first-order valence-electron chi connectivity index (χ1n) is 7.01. The molecule has 2 aromatic rings. The Labute approximate surface area is 113 Å². The number of nitrogens with one attached hydrogen (secondary N) is 2. The van der Waals surface area contributed by atoms with Gasteiger partial charge in [-0.05, 0) is 29.5 Å². The summed E-state index contributed by atoms with van der Waals surface area (Å²) in [6.45, 7) is 4.40. The Kier molecular flexibility index (Phi) is 3.82. The molecular formula is C15H21N3O. The number of hydrogen-bond acceptors (Lipinski definition) is 3. The van der Waals surface area contributed by atoms with Crippen LogP contribution in [0, 0.1) is 0 Å². The summed E-state index contributed by atoms with van der Waals surface area (Å²) in [4.78, 5) is 5.74. The fourth-order valence-corrected chi connectivity index (χ4v) is 2.95. The third kappa shape index (κ3) is 2.66. The second-order valence-corrected chi connectivity index (χ2v) is 5.14. The maximum Gasteiger partial charge on any atom is 0.0457 e. The van der Waals surface area contributed by atoms with Gasteiger partial charge in [-0.15, -0.1) is 0 Å². The van der Waals surface area contributed by atoms with E-state index in [1.807, 2.05) is 6.20 Å². The van der Waals surface area contributed by atoms with Crippen molar-refractivity contribution in [2.45, 2.75) is 12.5 Å². The van der Waals surface area contributed by atoms with Crippen LogP contribution in [0.15, 0.2) is 30.5 Å². The van der Waals surface area contributed by atoms with E-state index in [4.69, 9.17) is 0 Å². The summed E-state index contributed by atoms with van der Waals surface area (Å²) >= 11 is 0. The van der Waals surface area contributed by atoms with Gasteiger partial charge in [-0.1, -0.05) is 12.1 Å². The lowest BCUT2D eigenvalue weighted by Crippen LogP contribution is -2.45. The SMILES string of the molecule is OCC[C@H](c1ccc2cc[nH]c2c1)N1CCNCC1. The molecule has 0 bridgehead atoms. The number of nitrogens with zero attached hydrogens (tertiary/aromatic N) is 1. The zero-order valence-corrected chi connectivity index (χ0v) is 11.1. The van der Waals surface area contributed by atoms with E-state index >= 15 is 0 Å². The average Bonchev–Trinajstić information content (AvgIpc) is 2.93. The molecule has 0 radical (unpaired) electrons. The van der Waals surface area contributed by atoms with Gasteiger partial charge in [0.15, 0.2) is 0 Å². The lowest BCUT2D eigenvalue weighted by molar-refractivity contribution is 0.141. The van der Waals surface area contributed by atoms with Crippen LogP contribution in [0.5, 0.6) is 0 Å². The van der Waals surface area contributed by atoms with Gasteiger partial charge in [0.1, 0.15) is 0 Å². The number of aromatic nitrogens is 1. The quantitative estimate of drug-likeness (QED) is 0.780. The van der Waals surface area contributed by atoms with Crippen LogP contribution in [0.1, 0.15) is 18.0 Å². The molecule has 1 aliphatic rings. The van der Waals surface area contributed by atoms with Gasteiger partial charge in [-0.2, -0.15) is 0 Å². The minimum absolute atomic E-state index is 0.233. The largest absolute Gasteiger partial charge is 0.396 e. The minimum Gasteiger partial charge on any atom is -0.396 e. The summed E-state index contributed by atoms with van der Waals surface area (Å²) in [6.07, 6.45) is 2.77. The van der Waals surface area contributed by atoms with Crippen LogP contribution in [0.2, 0.25) is 0 Å². The highest BCUT2D eigenvalue weighted by atomic mass is 16.3. The molecule has 1 saturated heterocycles. The molecule has 3 rings (SSSR count). The van der Waals surface area contributed by atoms with Crippen molar-refractivity contribution in [2.24, 2.45) is 0 Å². The summed E-state index contributed by atoms with van der Waals surface area (Å²) in [5.74, 6) is 0. The number of benzene rings is 1. The molecule has 1 aliphatic heterocycles. The summed E-state index contributed by atoms with van der Waals surface area (Å²) in [5, 5.41) is 14.0. The zero-order chi connectivity index (χ0) is 13.1. The predicted molar refractivity (Wildman–Crippen MR) is 77.2 cm³/mol. The van der Waals surface area contributed by atoms with Crippen molar-refractivity contribution in [1.29, 1.82) is 0 Å². The summed E-state index contributed by atoms with van der Waals surface area (Å²) in [5.41, 5.74) is 2.47. The number of piperazine rings is 1. The van der Waals surface area contributed by atoms with E-state index in [1.54, 1.807) is 0 Å². The van der Waals surface area contributed by atoms with Gasteiger partial charge in [0.25, 0.3) is 0 Å². The van der Waals surface area contributed by atoms with Crippen molar-refractivity contribution >= 4 is 10.9 Å². The topological polar surface area (TPSA) is 51.3 Å². The Morgan fingerprint density at radius 2 is 2.05 bits per heavy atom. The van der Waals surface area contributed by atoms with Crippen LogP contribution in [0.25, 0.3) is 10.9 Å². The maximum absolute atomic E-state index is 9.35. The smallest absolute Gasteiger partial charge is 0.0457 e. The summed E-state index contributed by atoms with van der Waals surface area (Å²) in [7, 11) is 0. The lowest BCUT2D eigenvalue weighted by atomic mass is 10.0. The van der Waals surface area contributed by atoms with Crippen LogP contribution >= 0.6 is 0 Å². The van der Waals surface area contributed by atoms with Crippen LogP contribution < -0.4 is 5.32 Å². The number of aromatic amines is 1. The Morgan fingerprint density at radius 1 is 1.21 bits per heavy atom. The van der Waals surface area contributed by atoms with Gasteiger partial charge in [0.05, 0.1) is 0 Å². The van der Waals surface area contributed by atoms with Gasteiger partial charge in [0, 0.05) is 50.5 Å². The van der Waals surface area contributed by atoms with Crippen molar-refractivity contribution in [2.75, 3.05) is 32.8 Å². The van der Waals surface area contributed by atoms with E-state index in [-0.39, 0.29) is 6.61 Å². The average molecular weight is 259 g/mol. The second-order valence-electron chi connectivity index (χ2n) is 5.14. The highest BCUT2D eigenvalue weighted by Gasteiger charge is 2.21. The van der Waals surface area contributed by atoms with E-state index in [0.29, 0.717) is 6.04 Å². The number of fused-ring (bicyclic) bond motifs is 1. The van der Waals surface area contributed by atoms with Crippen LogP contribution in [-0.2, 0) is 0 Å². The van der Waals surface area contributed by atoms with Crippen molar-refractivity contribution in [3.8, 4) is 0 Å². The summed E-state index contributed by atoms with van der Waals surface area (Å²) in [6, 6.07) is 8.98. The molecule has 0 aliphatic carbocycles. The van der Waals surface area contributed by atoms with E-state index in [1.165, 1.54) is 16.5 Å². The van der Waals surface area contributed by atoms with Gasteiger partial charge < -0.3 is 15.4 Å². The standard InChI is InChI=1S/C15H21N3O/c19-10-4-15(18-8-6-16-7-9-18)13-2-1-12-3-5-17-14(12)11-13/h1-3,5,11,15-17,19H,4,6-10H2/t15-/m1/s1. The molecule has 3 N–H and O–H groups in total. The van der Waals surface area contributed by atoms with Gasteiger partial charge >= 0.3 is 0 Å². The predicted octanol–water partition coefficient (Wildman–Crippen LogP) is 1.50. The van der Waals surface area contributed by atoms with E-state index in [2.05, 4.69) is 39.5 Å². The number of aliphatic hydroxyl groups is 1. The Morgan fingerprint density at radius 3 is 2.84 bits per heavy atom. The van der Waals surface area contributed by atoms with Gasteiger partial charge in [-0.3, -0.25) is 4.90 Å². The molecule has 1 atom stereocenters. The molecule has 0 saturated carbocycles. The first kappa shape index (κ1) is 12.7. The number of aliphatic hydroxyl groups excluding tert-OH is 1. The van der Waals surface area contributed by atoms with E-state index < -0.39 is 0 Å². The third-order valence-corrected chi connectivity index (χ3v) is 3.96. The van der Waals surface area contributed by atoms with Crippen molar-refractivity contribution in [3.63, 3.8) is 0 Å². The van der Waals surface area contributed by atoms with E-state index in [0.717, 1.165) is 32.6 Å². The zero-order valence-electron chi connectivity index (χ0n) is 11.1. The normalized spacial score (nSPS) is 18.8. The fourth-order valence-electron chi connectivity index (χ4n) is 2.95. The molecule has 102 valence electrons. The third-order valence-electron chi connectivity index (χ3n) is 3.96. The molecule has 0 unspecified atom stereocenters. The fraction of sp³-hybridized carbons (Fsp3) is 0.467. The molecule has 0 spiro atoms. The molecular weight excluding hydrogens is 238 g/mol. The number of rotatable bonds is 4. The Bertz CT molecular complexity index is 531. The first-order chi connectivity index (χ1) is 9.38. The van der Waals surface area contributed by atoms with Crippen molar-refractivity contribution < 1.29 is 5.11 Å². The summed E-state index contributed by atoms with van der Waals surface area (Å²) < 4.78 is 0. The highest BCUT2D eigenvalue weighted by Crippen LogP contribution is 2.27. The number of hydrogen-bond donors (Lipinski definition) is 3.